The van der Waals surface area contributed by atoms with Crippen molar-refractivity contribution < 1.29 is 22.7 Å². The summed E-state index contributed by atoms with van der Waals surface area (Å²) in [5.74, 6) is -1.21. The van der Waals surface area contributed by atoms with Crippen molar-refractivity contribution >= 4 is 27.6 Å². The minimum absolute atomic E-state index is 0.0189. The van der Waals surface area contributed by atoms with Gasteiger partial charge in [-0.1, -0.05) is 42.5 Å². The molecule has 0 bridgehead atoms. The number of ether oxygens (including phenoxy) is 1. The molecule has 0 fully saturated rings. The number of para-hydroxylation sites is 1. The second kappa shape index (κ2) is 8.01. The Morgan fingerprint density at radius 1 is 1.00 bits per heavy atom. The minimum Gasteiger partial charge on any atom is -0.444 e. The third kappa shape index (κ3) is 5.06. The van der Waals surface area contributed by atoms with E-state index in [0.29, 0.717) is 5.56 Å². The van der Waals surface area contributed by atoms with Crippen molar-refractivity contribution in [1.82, 2.24) is 4.90 Å². The molecule has 2 rings (SSSR count). The molecule has 0 saturated carbocycles. The van der Waals surface area contributed by atoms with Crippen molar-refractivity contribution in [3.63, 3.8) is 0 Å². The lowest BCUT2D eigenvalue weighted by Crippen LogP contribution is -2.31. The number of anilines is 1. The quantitative estimate of drug-likeness (QED) is 0.779. The lowest BCUT2D eigenvalue weighted by atomic mass is 10.1. The van der Waals surface area contributed by atoms with E-state index in [4.69, 9.17) is 4.74 Å². The van der Waals surface area contributed by atoms with E-state index in [1.54, 1.807) is 56.6 Å². The van der Waals surface area contributed by atoms with Gasteiger partial charge in [-0.15, -0.1) is 0 Å². The first-order chi connectivity index (χ1) is 12.2. The molecule has 8 heteroatoms. The highest BCUT2D eigenvalue weighted by Gasteiger charge is 2.28. The van der Waals surface area contributed by atoms with E-state index in [-0.39, 0.29) is 11.3 Å². The average Bonchev–Trinajstić information content (AvgIpc) is 2.58. The van der Waals surface area contributed by atoms with E-state index in [9.17, 15) is 18.0 Å². The number of hydrogen-bond donors (Lipinski definition) is 1. The van der Waals surface area contributed by atoms with Crippen LogP contribution in [0.1, 0.15) is 22.0 Å². The van der Waals surface area contributed by atoms with Gasteiger partial charge in [0.1, 0.15) is 0 Å². The van der Waals surface area contributed by atoms with Crippen LogP contribution in [0.4, 0.5) is 5.69 Å². The van der Waals surface area contributed by atoms with Crippen LogP contribution in [0.3, 0.4) is 0 Å². The zero-order valence-electron chi connectivity index (χ0n) is 14.7. The summed E-state index contributed by atoms with van der Waals surface area (Å²) in [5, 5.41) is 0. The number of benzene rings is 2. The molecule has 0 heterocycles. The third-order valence-electron chi connectivity index (χ3n) is 3.43. The van der Waals surface area contributed by atoms with E-state index >= 15 is 0 Å². The Morgan fingerprint density at radius 3 is 2.15 bits per heavy atom. The van der Waals surface area contributed by atoms with E-state index in [0.717, 1.165) is 6.26 Å². The largest absolute Gasteiger partial charge is 0.444 e. The van der Waals surface area contributed by atoms with Crippen LogP contribution in [0.25, 0.3) is 0 Å². The summed E-state index contributed by atoms with van der Waals surface area (Å²) in [4.78, 5) is 26.4. The summed E-state index contributed by atoms with van der Waals surface area (Å²) < 4.78 is 30.7. The van der Waals surface area contributed by atoms with Crippen molar-refractivity contribution in [2.75, 3.05) is 25.1 Å². The lowest BCUT2D eigenvalue weighted by Gasteiger charge is -2.21. The van der Waals surface area contributed by atoms with Gasteiger partial charge in [0.2, 0.25) is 16.1 Å². The predicted octanol–water partition coefficient (Wildman–Crippen LogP) is 2.04. The highest BCUT2D eigenvalue weighted by molar-refractivity contribution is 7.92. The molecule has 1 N–H and O–H groups in total. The molecule has 0 aliphatic carbocycles. The number of nitrogens with one attached hydrogen (secondary N) is 1. The van der Waals surface area contributed by atoms with Gasteiger partial charge < -0.3 is 9.64 Å². The number of rotatable bonds is 6. The molecule has 0 saturated heterocycles. The van der Waals surface area contributed by atoms with Gasteiger partial charge in [-0.25, -0.2) is 13.2 Å². The Balaban J connectivity index is 2.35. The molecule has 0 spiro atoms. The number of esters is 1. The molecule has 0 aromatic heterocycles. The molecular formula is C18H20N2O5S. The smallest absolute Gasteiger partial charge is 0.341 e. The van der Waals surface area contributed by atoms with Gasteiger partial charge in [0.05, 0.1) is 17.5 Å². The molecule has 0 radical (unpaired) electrons. The fourth-order valence-corrected chi connectivity index (χ4v) is 2.82. The van der Waals surface area contributed by atoms with Gasteiger partial charge in [0, 0.05) is 19.7 Å². The second-order valence-electron chi connectivity index (χ2n) is 5.85. The molecule has 138 valence electrons. The van der Waals surface area contributed by atoms with Crippen molar-refractivity contribution in [3.8, 4) is 0 Å². The van der Waals surface area contributed by atoms with Crippen LogP contribution in [0, 0.1) is 0 Å². The molecular weight excluding hydrogens is 356 g/mol. The Hall–Kier alpha value is -2.87. The van der Waals surface area contributed by atoms with Crippen LogP contribution in [0.2, 0.25) is 0 Å². The number of carbonyl (C=O) groups is 2. The van der Waals surface area contributed by atoms with Gasteiger partial charge in [-0.05, 0) is 12.1 Å². The monoisotopic (exact) mass is 376 g/mol. The van der Waals surface area contributed by atoms with Gasteiger partial charge in [-0.3, -0.25) is 9.52 Å². The fourth-order valence-electron chi connectivity index (χ4n) is 2.24. The van der Waals surface area contributed by atoms with E-state index < -0.39 is 28.0 Å². The maximum absolute atomic E-state index is 12.6. The number of nitrogens with zero attached hydrogens (tertiary/aromatic N) is 1. The summed E-state index contributed by atoms with van der Waals surface area (Å²) in [5.41, 5.74) is 0.627. The Labute approximate surface area is 152 Å². The van der Waals surface area contributed by atoms with Crippen LogP contribution in [0.15, 0.2) is 54.6 Å². The van der Waals surface area contributed by atoms with Gasteiger partial charge in [0.25, 0.3) is 5.91 Å². The van der Waals surface area contributed by atoms with Gasteiger partial charge >= 0.3 is 5.97 Å². The number of likely N-dealkylation sites (N-methyl/N-ethyl adjacent to an activating group) is 1. The Bertz CT molecular complexity index is 895. The molecule has 1 unspecified atom stereocenters. The van der Waals surface area contributed by atoms with Gasteiger partial charge in [-0.2, -0.15) is 0 Å². The fraction of sp³-hybridized carbons (Fsp3) is 0.222. The number of sulfonamides is 1. The Morgan fingerprint density at radius 2 is 1.58 bits per heavy atom. The first-order valence-electron chi connectivity index (χ1n) is 7.73. The molecule has 26 heavy (non-hydrogen) atoms. The standard InChI is InChI=1S/C18H20N2O5S/c1-20(2)17(21)16(13-9-5-4-6-10-13)25-18(22)14-11-7-8-12-15(14)19-26(3,23)24/h4-12,16,19H,1-3H3. The molecule has 2 aromatic carbocycles. The third-order valence-corrected chi connectivity index (χ3v) is 4.03. The molecule has 0 aliphatic heterocycles. The molecule has 7 nitrogen and oxygen atoms in total. The SMILES string of the molecule is CN(C)C(=O)C(OC(=O)c1ccccc1NS(C)(=O)=O)c1ccccc1. The average molecular weight is 376 g/mol. The summed E-state index contributed by atoms with van der Waals surface area (Å²) in [6.07, 6.45) is -0.151. The molecule has 2 aromatic rings. The van der Waals surface area contributed by atoms with Crippen molar-refractivity contribution in [2.45, 2.75) is 6.10 Å². The van der Waals surface area contributed by atoms with Crippen LogP contribution < -0.4 is 4.72 Å². The highest BCUT2D eigenvalue weighted by Crippen LogP contribution is 2.24. The molecule has 1 amide bonds. The van der Waals surface area contributed by atoms with E-state index in [2.05, 4.69) is 4.72 Å². The van der Waals surface area contributed by atoms with Crippen LogP contribution >= 0.6 is 0 Å². The zero-order chi connectivity index (χ0) is 19.3. The van der Waals surface area contributed by atoms with Crippen molar-refractivity contribution in [2.24, 2.45) is 0 Å². The summed E-state index contributed by atoms with van der Waals surface area (Å²) >= 11 is 0. The number of amides is 1. The number of carbonyl (C=O) groups excluding carboxylic acids is 2. The summed E-state index contributed by atoms with van der Waals surface area (Å²) in [7, 11) is -0.455. The van der Waals surface area contributed by atoms with Crippen LogP contribution in [-0.4, -0.2) is 45.5 Å². The van der Waals surface area contributed by atoms with E-state index in [1.807, 2.05) is 0 Å². The zero-order valence-corrected chi connectivity index (χ0v) is 15.5. The topological polar surface area (TPSA) is 92.8 Å². The maximum Gasteiger partial charge on any atom is 0.341 e. The predicted molar refractivity (Wildman–Crippen MR) is 98.2 cm³/mol. The molecule has 1 atom stereocenters. The first-order valence-corrected chi connectivity index (χ1v) is 9.62. The second-order valence-corrected chi connectivity index (χ2v) is 7.60. The Kier molecular flexibility index (Phi) is 5.99. The first kappa shape index (κ1) is 19.5. The van der Waals surface area contributed by atoms with Crippen molar-refractivity contribution in [3.05, 3.63) is 65.7 Å². The van der Waals surface area contributed by atoms with E-state index in [1.165, 1.54) is 17.0 Å². The maximum atomic E-state index is 12.6. The van der Waals surface area contributed by atoms with Crippen molar-refractivity contribution in [1.29, 1.82) is 0 Å². The summed E-state index contributed by atoms with van der Waals surface area (Å²) in [6.45, 7) is 0. The minimum atomic E-state index is -3.58. The number of hydrogen-bond acceptors (Lipinski definition) is 5. The van der Waals surface area contributed by atoms with Crippen LogP contribution in [-0.2, 0) is 19.6 Å². The van der Waals surface area contributed by atoms with Crippen LogP contribution in [0.5, 0.6) is 0 Å². The summed E-state index contributed by atoms with van der Waals surface area (Å²) in [6, 6.07) is 14.7. The normalized spacial score (nSPS) is 12.1. The van der Waals surface area contributed by atoms with Gasteiger partial charge in [0.15, 0.2) is 0 Å². The lowest BCUT2D eigenvalue weighted by molar-refractivity contribution is -0.138. The highest BCUT2D eigenvalue weighted by atomic mass is 32.2. The molecule has 0 aliphatic rings.